The number of anilines is 1. The lowest BCUT2D eigenvalue weighted by atomic mass is 9.91. The molecule has 1 fully saturated rings. The van der Waals surface area contributed by atoms with Crippen LogP contribution < -0.4 is 15.4 Å². The number of carbonyl (C=O) groups excluding carboxylic acids is 1. The number of nitrogens with one attached hydrogen (secondary N) is 3. The summed E-state index contributed by atoms with van der Waals surface area (Å²) in [6.45, 7) is 2.20. The zero-order valence-electron chi connectivity index (χ0n) is 25.5. The van der Waals surface area contributed by atoms with Crippen molar-refractivity contribution in [2.45, 2.75) is 48.8 Å². The Kier molecular flexibility index (Phi) is 9.56. The van der Waals surface area contributed by atoms with Crippen LogP contribution in [0.2, 0.25) is 0 Å². The van der Waals surface area contributed by atoms with E-state index in [1.165, 1.54) is 23.0 Å². The molecule has 1 saturated heterocycles. The first-order chi connectivity index (χ1) is 22.8. The summed E-state index contributed by atoms with van der Waals surface area (Å²) in [5, 5.41) is 27.6. The van der Waals surface area contributed by atoms with Crippen molar-refractivity contribution in [3.05, 3.63) is 114 Å². The molecule has 244 valence electrons. The number of rotatable bonds is 12. The number of aliphatic hydroxyl groups is 2. The highest BCUT2D eigenvalue weighted by molar-refractivity contribution is 7.89. The first kappa shape index (κ1) is 32.2. The SMILES string of the molecule is CCNC(=O)[C@H]1OC(n2cnc3c(NCC(c4ccccc4)c4ccccc4)nc(CNS(=O)(=O)c4ccccc4)nc32)[C@H](O)[C@@H]1O. The Morgan fingerprint density at radius 1 is 0.915 bits per heavy atom. The summed E-state index contributed by atoms with van der Waals surface area (Å²) in [7, 11) is -3.89. The van der Waals surface area contributed by atoms with Gasteiger partial charge in [0.1, 0.15) is 18.0 Å². The summed E-state index contributed by atoms with van der Waals surface area (Å²) in [6, 6.07) is 27.9. The average Bonchev–Trinajstić information content (AvgIpc) is 3.65. The molecule has 1 amide bonds. The third-order valence-corrected chi connectivity index (χ3v) is 9.36. The van der Waals surface area contributed by atoms with Gasteiger partial charge in [0.15, 0.2) is 29.3 Å². The van der Waals surface area contributed by atoms with Crippen LogP contribution in [0.15, 0.2) is 102 Å². The fourth-order valence-corrected chi connectivity index (χ4v) is 6.57. The molecule has 3 heterocycles. The van der Waals surface area contributed by atoms with E-state index in [2.05, 4.69) is 30.3 Å². The summed E-state index contributed by atoms with van der Waals surface area (Å²) in [4.78, 5) is 26.4. The normalized spacial score (nSPS) is 19.7. The smallest absolute Gasteiger partial charge is 0.252 e. The van der Waals surface area contributed by atoms with Gasteiger partial charge in [-0.1, -0.05) is 78.9 Å². The molecule has 47 heavy (non-hydrogen) atoms. The molecule has 2 aromatic heterocycles. The van der Waals surface area contributed by atoms with Crippen LogP contribution in [-0.2, 0) is 26.1 Å². The average molecular weight is 658 g/mol. The van der Waals surface area contributed by atoms with Crippen molar-refractivity contribution in [1.82, 2.24) is 29.6 Å². The van der Waals surface area contributed by atoms with Gasteiger partial charge in [0.05, 0.1) is 17.8 Å². The van der Waals surface area contributed by atoms with Crippen molar-refractivity contribution in [2.75, 3.05) is 18.4 Å². The van der Waals surface area contributed by atoms with Gasteiger partial charge in [-0.05, 0) is 30.2 Å². The van der Waals surface area contributed by atoms with Crippen molar-refractivity contribution < 1.29 is 28.2 Å². The molecule has 0 spiro atoms. The van der Waals surface area contributed by atoms with E-state index >= 15 is 0 Å². The second kappa shape index (κ2) is 13.9. The molecule has 0 bridgehead atoms. The zero-order valence-corrected chi connectivity index (χ0v) is 26.3. The maximum atomic E-state index is 13.0. The summed E-state index contributed by atoms with van der Waals surface area (Å²) in [6.07, 6.45) is -4.12. The van der Waals surface area contributed by atoms with Crippen LogP contribution in [-0.4, -0.2) is 75.5 Å². The number of aromatic nitrogens is 4. The molecule has 3 aromatic carbocycles. The van der Waals surface area contributed by atoms with E-state index in [9.17, 15) is 23.4 Å². The number of hydrogen-bond donors (Lipinski definition) is 5. The van der Waals surface area contributed by atoms with Crippen molar-refractivity contribution in [3.8, 4) is 0 Å². The highest BCUT2D eigenvalue weighted by Crippen LogP contribution is 2.33. The van der Waals surface area contributed by atoms with Crippen molar-refractivity contribution >= 4 is 32.9 Å². The maximum Gasteiger partial charge on any atom is 0.252 e. The second-order valence-corrected chi connectivity index (χ2v) is 12.8. The first-order valence-electron chi connectivity index (χ1n) is 15.2. The van der Waals surface area contributed by atoms with Crippen LogP contribution in [0.4, 0.5) is 5.82 Å². The number of amides is 1. The van der Waals surface area contributed by atoms with E-state index in [4.69, 9.17) is 4.74 Å². The molecule has 14 heteroatoms. The maximum absolute atomic E-state index is 13.0. The Morgan fingerprint density at radius 2 is 1.53 bits per heavy atom. The molecule has 1 aliphatic rings. The predicted molar refractivity (Wildman–Crippen MR) is 174 cm³/mol. The molecular weight excluding hydrogens is 622 g/mol. The standard InChI is InChI=1S/C33H35N7O6S/c1-2-34-32(43)29-27(41)28(42)33(46-29)40-20-36-26-30(35-18-24(21-12-6-3-7-13-21)22-14-8-4-9-15-22)38-25(39-31(26)40)19-37-47(44,45)23-16-10-5-11-17-23/h3-17,20,24,27-29,33,37,41-42H,2,18-19H2,1H3,(H,34,43)(H,35,38,39)/t27-,28+,29-,33?/m0/s1. The minimum absolute atomic E-state index is 0.0718. The van der Waals surface area contributed by atoms with Crippen molar-refractivity contribution in [2.24, 2.45) is 0 Å². The van der Waals surface area contributed by atoms with Gasteiger partial charge in [0, 0.05) is 19.0 Å². The molecule has 0 radical (unpaired) electrons. The molecule has 4 atom stereocenters. The lowest BCUT2D eigenvalue weighted by Crippen LogP contribution is -2.42. The lowest BCUT2D eigenvalue weighted by Gasteiger charge is -2.20. The summed E-state index contributed by atoms with van der Waals surface area (Å²) in [5.74, 6) is -0.192. The van der Waals surface area contributed by atoms with E-state index in [1.807, 2.05) is 60.7 Å². The topological polar surface area (TPSA) is 181 Å². The highest BCUT2D eigenvalue weighted by Gasteiger charge is 2.47. The van der Waals surface area contributed by atoms with Crippen LogP contribution in [0.25, 0.3) is 11.2 Å². The van der Waals surface area contributed by atoms with E-state index in [1.54, 1.807) is 25.1 Å². The molecular formula is C33H35N7O6S. The number of benzene rings is 3. The van der Waals surface area contributed by atoms with Crippen LogP contribution in [0.3, 0.4) is 0 Å². The van der Waals surface area contributed by atoms with Gasteiger partial charge < -0.3 is 25.6 Å². The van der Waals surface area contributed by atoms with Crippen molar-refractivity contribution in [3.63, 3.8) is 0 Å². The number of carbonyl (C=O) groups is 1. The van der Waals surface area contributed by atoms with Gasteiger partial charge in [-0.2, -0.15) is 0 Å². The van der Waals surface area contributed by atoms with Gasteiger partial charge in [0.2, 0.25) is 10.0 Å². The third kappa shape index (κ3) is 6.87. The van der Waals surface area contributed by atoms with Crippen LogP contribution in [0.1, 0.15) is 36.0 Å². The number of hydrogen-bond acceptors (Lipinski definition) is 10. The van der Waals surface area contributed by atoms with E-state index in [-0.39, 0.29) is 28.8 Å². The molecule has 13 nitrogen and oxygen atoms in total. The molecule has 5 aromatic rings. The molecule has 0 saturated carbocycles. The minimum Gasteiger partial charge on any atom is -0.387 e. The monoisotopic (exact) mass is 657 g/mol. The Balaban J connectivity index is 1.36. The Hall–Kier alpha value is -4.73. The fraction of sp³-hybridized carbons (Fsp3) is 0.273. The lowest BCUT2D eigenvalue weighted by molar-refractivity contribution is -0.137. The number of imidazole rings is 1. The number of ether oxygens (including phenoxy) is 1. The quantitative estimate of drug-likeness (QED) is 0.134. The van der Waals surface area contributed by atoms with E-state index in [0.29, 0.717) is 24.4 Å². The molecule has 0 aliphatic carbocycles. The number of nitrogens with zero attached hydrogens (tertiary/aromatic N) is 4. The molecule has 1 aliphatic heterocycles. The van der Waals surface area contributed by atoms with Crippen LogP contribution in [0, 0.1) is 0 Å². The number of sulfonamides is 1. The van der Waals surface area contributed by atoms with Gasteiger partial charge in [-0.25, -0.2) is 28.1 Å². The number of aliphatic hydroxyl groups excluding tert-OH is 2. The largest absolute Gasteiger partial charge is 0.387 e. The molecule has 6 rings (SSSR count). The van der Waals surface area contributed by atoms with Gasteiger partial charge >= 0.3 is 0 Å². The zero-order chi connectivity index (χ0) is 33.0. The number of likely N-dealkylation sites (N-methyl/N-ethyl adjacent to an activating group) is 1. The van der Waals surface area contributed by atoms with Crippen molar-refractivity contribution in [1.29, 1.82) is 0 Å². The summed E-state index contributed by atoms with van der Waals surface area (Å²) >= 11 is 0. The van der Waals surface area contributed by atoms with Gasteiger partial charge in [-0.3, -0.25) is 9.36 Å². The second-order valence-electron chi connectivity index (χ2n) is 11.0. The van der Waals surface area contributed by atoms with Gasteiger partial charge in [-0.15, -0.1) is 0 Å². The minimum atomic E-state index is -3.89. The predicted octanol–water partition coefficient (Wildman–Crippen LogP) is 2.30. The Morgan fingerprint density at radius 3 is 2.15 bits per heavy atom. The highest BCUT2D eigenvalue weighted by atomic mass is 32.2. The summed E-state index contributed by atoms with van der Waals surface area (Å²) < 4.78 is 35.8. The van der Waals surface area contributed by atoms with E-state index in [0.717, 1.165) is 11.1 Å². The molecule has 5 N–H and O–H groups in total. The third-order valence-electron chi connectivity index (χ3n) is 7.94. The Bertz CT molecular complexity index is 1890. The fourth-order valence-electron chi connectivity index (χ4n) is 5.57. The first-order valence-corrected chi connectivity index (χ1v) is 16.7. The van der Waals surface area contributed by atoms with Crippen LogP contribution >= 0.6 is 0 Å². The molecule has 1 unspecified atom stereocenters. The summed E-state index contributed by atoms with van der Waals surface area (Å²) in [5.41, 5.74) is 2.68. The van der Waals surface area contributed by atoms with Crippen LogP contribution in [0.5, 0.6) is 0 Å². The number of fused-ring (bicyclic) bond motifs is 1. The van der Waals surface area contributed by atoms with Gasteiger partial charge in [0.25, 0.3) is 5.91 Å². The Labute approximate surface area is 271 Å². The van der Waals surface area contributed by atoms with E-state index < -0.39 is 40.5 Å².